The molecule has 0 bridgehead atoms. The summed E-state index contributed by atoms with van der Waals surface area (Å²) in [5, 5.41) is 12.5. The third-order valence-electron chi connectivity index (χ3n) is 2.35. The fourth-order valence-electron chi connectivity index (χ4n) is 1.46. The van der Waals surface area contributed by atoms with Gasteiger partial charge in [0, 0.05) is 16.6 Å². The molecule has 0 saturated heterocycles. The van der Waals surface area contributed by atoms with Crippen LogP contribution in [0.3, 0.4) is 0 Å². The lowest BCUT2D eigenvalue weighted by atomic mass is 10.1. The van der Waals surface area contributed by atoms with Gasteiger partial charge in [0.05, 0.1) is 0 Å². The normalized spacial score (nSPS) is 10.4. The highest BCUT2D eigenvalue weighted by Gasteiger charge is 2.01. The van der Waals surface area contributed by atoms with Crippen molar-refractivity contribution in [1.82, 2.24) is 10.2 Å². The smallest absolute Gasteiger partial charge is 0.151 e. The van der Waals surface area contributed by atoms with E-state index >= 15 is 0 Å². The number of halogens is 3. The molecule has 6 heteroatoms. The third-order valence-corrected chi connectivity index (χ3v) is 3.14. The Morgan fingerprint density at radius 1 is 1.00 bits per heavy atom. The summed E-state index contributed by atoms with van der Waals surface area (Å²) < 4.78 is 0. The van der Waals surface area contributed by atoms with Crippen LogP contribution in [0.1, 0.15) is 5.56 Å². The van der Waals surface area contributed by atoms with Gasteiger partial charge in [-0.1, -0.05) is 40.9 Å². The van der Waals surface area contributed by atoms with Crippen LogP contribution in [0.15, 0.2) is 30.3 Å². The van der Waals surface area contributed by atoms with Crippen LogP contribution in [0.5, 0.6) is 0 Å². The zero-order valence-electron chi connectivity index (χ0n) is 9.33. The fourth-order valence-corrected chi connectivity index (χ4v) is 2.06. The first-order valence-corrected chi connectivity index (χ1v) is 6.45. The Morgan fingerprint density at radius 2 is 1.83 bits per heavy atom. The van der Waals surface area contributed by atoms with Crippen molar-refractivity contribution < 1.29 is 0 Å². The van der Waals surface area contributed by atoms with E-state index < -0.39 is 0 Å². The predicted molar refractivity (Wildman–Crippen MR) is 75.7 cm³/mol. The van der Waals surface area contributed by atoms with E-state index in [1.165, 1.54) is 0 Å². The zero-order chi connectivity index (χ0) is 13.0. The number of rotatable bonds is 4. The van der Waals surface area contributed by atoms with Gasteiger partial charge in [0.1, 0.15) is 5.82 Å². The molecular weight excluding hydrogens is 293 g/mol. The highest BCUT2D eigenvalue weighted by Crippen LogP contribution is 2.21. The van der Waals surface area contributed by atoms with E-state index in [-0.39, 0.29) is 0 Å². The van der Waals surface area contributed by atoms with Gasteiger partial charge in [-0.05, 0) is 36.2 Å². The second kappa shape index (κ2) is 6.23. The summed E-state index contributed by atoms with van der Waals surface area (Å²) in [5.41, 5.74) is 1.04. The van der Waals surface area contributed by atoms with Gasteiger partial charge in [-0.2, -0.15) is 0 Å². The van der Waals surface area contributed by atoms with Crippen molar-refractivity contribution in [3.8, 4) is 0 Å². The van der Waals surface area contributed by atoms with Crippen molar-refractivity contribution in [2.24, 2.45) is 0 Å². The lowest BCUT2D eigenvalue weighted by Gasteiger charge is -2.06. The predicted octanol–water partition coefficient (Wildman–Crippen LogP) is 4.09. The zero-order valence-corrected chi connectivity index (χ0v) is 11.6. The molecule has 3 nitrogen and oxygen atoms in total. The van der Waals surface area contributed by atoms with Crippen molar-refractivity contribution in [2.45, 2.75) is 6.42 Å². The van der Waals surface area contributed by atoms with Crippen LogP contribution >= 0.6 is 34.8 Å². The molecule has 0 aliphatic rings. The molecule has 0 radical (unpaired) electrons. The van der Waals surface area contributed by atoms with Crippen molar-refractivity contribution in [2.75, 3.05) is 11.9 Å². The van der Waals surface area contributed by atoms with Gasteiger partial charge in [0.15, 0.2) is 5.15 Å². The van der Waals surface area contributed by atoms with Crippen LogP contribution in [0.25, 0.3) is 0 Å². The average molecular weight is 303 g/mol. The second-order valence-electron chi connectivity index (χ2n) is 3.65. The molecule has 0 unspecified atom stereocenters. The van der Waals surface area contributed by atoms with Gasteiger partial charge in [0.2, 0.25) is 0 Å². The first-order valence-electron chi connectivity index (χ1n) is 5.32. The molecule has 1 aromatic heterocycles. The number of nitrogens with one attached hydrogen (secondary N) is 1. The summed E-state index contributed by atoms with van der Waals surface area (Å²) in [6.45, 7) is 0.706. The Morgan fingerprint density at radius 3 is 2.50 bits per heavy atom. The van der Waals surface area contributed by atoms with Crippen molar-refractivity contribution in [1.29, 1.82) is 0 Å². The van der Waals surface area contributed by atoms with Crippen molar-refractivity contribution >= 4 is 40.6 Å². The molecule has 0 saturated carbocycles. The quantitative estimate of drug-likeness (QED) is 0.924. The minimum atomic E-state index is 0.376. The molecule has 1 heterocycles. The minimum Gasteiger partial charge on any atom is -0.368 e. The molecule has 0 spiro atoms. The lowest BCUT2D eigenvalue weighted by molar-refractivity contribution is 0.967. The largest absolute Gasteiger partial charge is 0.368 e. The Hall–Kier alpha value is -1.03. The van der Waals surface area contributed by atoms with Gasteiger partial charge in [0.25, 0.3) is 0 Å². The van der Waals surface area contributed by atoms with E-state index in [0.29, 0.717) is 27.6 Å². The van der Waals surface area contributed by atoms with E-state index in [2.05, 4.69) is 15.5 Å². The molecule has 0 aliphatic heterocycles. The summed E-state index contributed by atoms with van der Waals surface area (Å²) in [5.74, 6) is 0.685. The van der Waals surface area contributed by atoms with Gasteiger partial charge >= 0.3 is 0 Å². The number of benzene rings is 1. The number of hydrogen-bond donors (Lipinski definition) is 1. The summed E-state index contributed by atoms with van der Waals surface area (Å²) >= 11 is 17.6. The topological polar surface area (TPSA) is 37.8 Å². The highest BCUT2D eigenvalue weighted by atomic mass is 35.5. The molecule has 2 aromatic rings. The SMILES string of the molecule is Clc1ccc(CCNc2ccc(Cl)nn2)c(Cl)c1. The van der Waals surface area contributed by atoms with Crippen molar-refractivity contribution in [3.63, 3.8) is 0 Å². The standard InChI is InChI=1S/C12H10Cl3N3/c13-9-2-1-8(10(14)7-9)5-6-16-12-4-3-11(15)17-18-12/h1-4,7H,5-6H2,(H,16,18). The molecule has 94 valence electrons. The third kappa shape index (κ3) is 3.73. The summed E-state index contributed by atoms with van der Waals surface area (Å²) in [7, 11) is 0. The van der Waals surface area contributed by atoms with Gasteiger partial charge in [-0.15, -0.1) is 10.2 Å². The summed E-state index contributed by atoms with van der Waals surface area (Å²) in [4.78, 5) is 0. The van der Waals surface area contributed by atoms with Crippen LogP contribution in [0.4, 0.5) is 5.82 Å². The van der Waals surface area contributed by atoms with Crippen LogP contribution in [-0.4, -0.2) is 16.7 Å². The van der Waals surface area contributed by atoms with E-state index in [1.54, 1.807) is 18.2 Å². The molecule has 1 aromatic carbocycles. The van der Waals surface area contributed by atoms with Crippen LogP contribution in [0.2, 0.25) is 15.2 Å². The number of anilines is 1. The molecule has 0 atom stereocenters. The van der Waals surface area contributed by atoms with E-state index in [4.69, 9.17) is 34.8 Å². The molecule has 2 rings (SSSR count). The molecule has 0 aliphatic carbocycles. The highest BCUT2D eigenvalue weighted by molar-refractivity contribution is 6.35. The second-order valence-corrected chi connectivity index (χ2v) is 4.88. The number of hydrogen-bond acceptors (Lipinski definition) is 3. The van der Waals surface area contributed by atoms with E-state index in [0.717, 1.165) is 12.0 Å². The lowest BCUT2D eigenvalue weighted by Crippen LogP contribution is -2.07. The maximum atomic E-state index is 6.07. The minimum absolute atomic E-state index is 0.376. The van der Waals surface area contributed by atoms with Gasteiger partial charge in [-0.25, -0.2) is 0 Å². The van der Waals surface area contributed by atoms with Crippen LogP contribution in [0, 0.1) is 0 Å². The molecule has 0 fully saturated rings. The Labute approximate surface area is 120 Å². The van der Waals surface area contributed by atoms with Crippen molar-refractivity contribution in [3.05, 3.63) is 51.1 Å². The Kier molecular flexibility index (Phi) is 4.64. The van der Waals surface area contributed by atoms with E-state index in [9.17, 15) is 0 Å². The summed E-state index contributed by atoms with van der Waals surface area (Å²) in [6, 6.07) is 8.94. The maximum absolute atomic E-state index is 6.07. The molecular formula is C12H10Cl3N3. The molecule has 0 amide bonds. The first-order chi connectivity index (χ1) is 8.65. The molecule has 18 heavy (non-hydrogen) atoms. The molecule has 1 N–H and O–H groups in total. The maximum Gasteiger partial charge on any atom is 0.151 e. The van der Waals surface area contributed by atoms with Crippen LogP contribution in [-0.2, 0) is 6.42 Å². The Bertz CT molecular complexity index is 529. The van der Waals surface area contributed by atoms with E-state index in [1.807, 2.05) is 12.1 Å². The Balaban J connectivity index is 1.90. The number of nitrogens with zero attached hydrogens (tertiary/aromatic N) is 2. The monoisotopic (exact) mass is 301 g/mol. The van der Waals surface area contributed by atoms with Crippen LogP contribution < -0.4 is 5.32 Å². The average Bonchev–Trinajstić information content (AvgIpc) is 2.34. The summed E-state index contributed by atoms with van der Waals surface area (Å²) in [6.07, 6.45) is 0.778. The van der Waals surface area contributed by atoms with Gasteiger partial charge in [-0.3, -0.25) is 0 Å². The van der Waals surface area contributed by atoms with Gasteiger partial charge < -0.3 is 5.32 Å². The number of aromatic nitrogens is 2. The fraction of sp³-hybridized carbons (Fsp3) is 0.167. The first kappa shape index (κ1) is 13.4.